The molecular formula is C15H15ClN2O2. The maximum Gasteiger partial charge on any atom is 0.276 e. The molecule has 0 spiro atoms. The number of rotatable bonds is 3. The van der Waals surface area contributed by atoms with Crippen molar-refractivity contribution in [3.05, 3.63) is 58.9 Å². The Kier molecular flexibility index (Phi) is 4.25. The largest absolute Gasteiger partial charge is 0.505 e. The molecule has 5 heteroatoms. The molecule has 1 amide bonds. The highest BCUT2D eigenvalue weighted by Gasteiger charge is 2.23. The van der Waals surface area contributed by atoms with Crippen LogP contribution < -0.4 is 0 Å². The van der Waals surface area contributed by atoms with E-state index < -0.39 is 0 Å². The molecule has 1 unspecified atom stereocenters. The molecule has 104 valence electrons. The molecule has 2 rings (SSSR count). The summed E-state index contributed by atoms with van der Waals surface area (Å²) in [5.74, 6) is -0.480. The zero-order chi connectivity index (χ0) is 14.7. The summed E-state index contributed by atoms with van der Waals surface area (Å²) in [5.41, 5.74) is 0.884. The van der Waals surface area contributed by atoms with E-state index in [0.717, 1.165) is 5.56 Å². The van der Waals surface area contributed by atoms with Gasteiger partial charge in [-0.25, -0.2) is 4.98 Å². The molecule has 2 aromatic rings. The topological polar surface area (TPSA) is 53.4 Å². The van der Waals surface area contributed by atoms with E-state index in [2.05, 4.69) is 4.98 Å². The zero-order valence-electron chi connectivity index (χ0n) is 11.2. The lowest BCUT2D eigenvalue weighted by atomic mass is 10.1. The molecule has 1 aromatic heterocycles. The van der Waals surface area contributed by atoms with Crippen LogP contribution in [0.15, 0.2) is 42.6 Å². The molecule has 1 atom stereocenters. The first kappa shape index (κ1) is 14.3. The second kappa shape index (κ2) is 5.92. The van der Waals surface area contributed by atoms with Crippen molar-refractivity contribution in [2.75, 3.05) is 7.05 Å². The Morgan fingerprint density at radius 3 is 2.65 bits per heavy atom. The van der Waals surface area contributed by atoms with Crippen LogP contribution in [-0.4, -0.2) is 27.9 Å². The summed E-state index contributed by atoms with van der Waals surface area (Å²) in [6.45, 7) is 1.87. The van der Waals surface area contributed by atoms with Gasteiger partial charge in [0.2, 0.25) is 0 Å². The summed E-state index contributed by atoms with van der Waals surface area (Å²) in [7, 11) is 1.66. The van der Waals surface area contributed by atoms with Crippen LogP contribution in [0.3, 0.4) is 0 Å². The third kappa shape index (κ3) is 2.75. The van der Waals surface area contributed by atoms with Crippen LogP contribution in [0.1, 0.15) is 29.0 Å². The van der Waals surface area contributed by atoms with Gasteiger partial charge in [-0.05, 0) is 30.7 Å². The lowest BCUT2D eigenvalue weighted by Crippen LogP contribution is -2.30. The van der Waals surface area contributed by atoms with Gasteiger partial charge in [0.05, 0.1) is 6.04 Å². The Labute approximate surface area is 122 Å². The predicted octanol–water partition coefficient (Wildman–Crippen LogP) is 3.27. The number of aromatic nitrogens is 1. The molecule has 0 aliphatic rings. The lowest BCUT2D eigenvalue weighted by Gasteiger charge is -2.25. The fourth-order valence-electron chi connectivity index (χ4n) is 1.93. The Morgan fingerprint density at radius 2 is 2.00 bits per heavy atom. The molecule has 0 bridgehead atoms. The van der Waals surface area contributed by atoms with E-state index in [9.17, 15) is 9.90 Å². The molecule has 0 saturated heterocycles. The minimum atomic E-state index is -0.351. The first-order valence-corrected chi connectivity index (χ1v) is 6.55. The highest BCUT2D eigenvalue weighted by molar-refractivity contribution is 6.31. The van der Waals surface area contributed by atoms with E-state index in [0.29, 0.717) is 5.02 Å². The fourth-order valence-corrected chi connectivity index (χ4v) is 2.22. The van der Waals surface area contributed by atoms with Crippen molar-refractivity contribution in [1.82, 2.24) is 9.88 Å². The molecule has 4 nitrogen and oxygen atoms in total. The number of carbonyl (C=O) groups excluding carboxylic acids is 1. The quantitative estimate of drug-likeness (QED) is 0.944. The third-order valence-corrected chi connectivity index (χ3v) is 3.59. The van der Waals surface area contributed by atoms with Crippen molar-refractivity contribution in [3.8, 4) is 5.75 Å². The van der Waals surface area contributed by atoms with E-state index in [1.165, 1.54) is 17.2 Å². The normalized spacial score (nSPS) is 11.9. The standard InChI is InChI=1S/C15H15ClN2O2/c1-10(11-6-3-4-7-12(11)16)18(2)15(20)14-13(19)8-5-9-17-14/h3-10,19H,1-2H3. The van der Waals surface area contributed by atoms with Gasteiger partial charge < -0.3 is 10.0 Å². The number of hydrogen-bond donors (Lipinski definition) is 1. The van der Waals surface area contributed by atoms with Gasteiger partial charge in [0.25, 0.3) is 5.91 Å². The van der Waals surface area contributed by atoms with Gasteiger partial charge in [0, 0.05) is 18.3 Å². The average Bonchev–Trinajstić information content (AvgIpc) is 2.46. The van der Waals surface area contributed by atoms with Gasteiger partial charge in [-0.3, -0.25) is 4.79 Å². The van der Waals surface area contributed by atoms with Crippen LogP contribution >= 0.6 is 11.6 Å². The number of halogens is 1. The molecule has 1 N–H and O–H groups in total. The minimum absolute atomic E-state index is 0.0360. The van der Waals surface area contributed by atoms with Crippen molar-refractivity contribution < 1.29 is 9.90 Å². The van der Waals surface area contributed by atoms with Gasteiger partial charge >= 0.3 is 0 Å². The number of carbonyl (C=O) groups is 1. The Morgan fingerprint density at radius 1 is 1.30 bits per heavy atom. The zero-order valence-corrected chi connectivity index (χ0v) is 12.0. The van der Waals surface area contributed by atoms with Crippen LogP contribution in [0.2, 0.25) is 5.02 Å². The van der Waals surface area contributed by atoms with Crippen LogP contribution in [0, 0.1) is 0 Å². The Bertz CT molecular complexity index is 631. The Hall–Kier alpha value is -2.07. The monoisotopic (exact) mass is 290 g/mol. The molecule has 0 saturated carbocycles. The Balaban J connectivity index is 2.28. The third-order valence-electron chi connectivity index (χ3n) is 3.25. The van der Waals surface area contributed by atoms with E-state index >= 15 is 0 Å². The van der Waals surface area contributed by atoms with Crippen LogP contribution in [0.5, 0.6) is 5.75 Å². The van der Waals surface area contributed by atoms with Crippen molar-refractivity contribution in [1.29, 1.82) is 0 Å². The SMILES string of the molecule is CC(c1ccccc1Cl)N(C)C(=O)c1ncccc1O. The number of nitrogens with zero attached hydrogens (tertiary/aromatic N) is 2. The van der Waals surface area contributed by atoms with E-state index in [-0.39, 0.29) is 23.4 Å². The first-order valence-electron chi connectivity index (χ1n) is 6.18. The van der Waals surface area contributed by atoms with Crippen molar-refractivity contribution in [2.45, 2.75) is 13.0 Å². The number of hydrogen-bond acceptors (Lipinski definition) is 3. The van der Waals surface area contributed by atoms with Crippen LogP contribution in [0.4, 0.5) is 0 Å². The van der Waals surface area contributed by atoms with E-state index in [4.69, 9.17) is 11.6 Å². The molecule has 0 radical (unpaired) electrons. The summed E-state index contributed by atoms with van der Waals surface area (Å²) in [4.78, 5) is 17.8. The van der Waals surface area contributed by atoms with Crippen LogP contribution in [-0.2, 0) is 0 Å². The van der Waals surface area contributed by atoms with Crippen LogP contribution in [0.25, 0.3) is 0 Å². The van der Waals surface area contributed by atoms with Crippen molar-refractivity contribution >= 4 is 17.5 Å². The summed E-state index contributed by atoms with van der Waals surface area (Å²) < 4.78 is 0. The number of benzene rings is 1. The van der Waals surface area contributed by atoms with Gasteiger partial charge in [-0.15, -0.1) is 0 Å². The average molecular weight is 291 g/mol. The molecule has 1 heterocycles. The second-order valence-corrected chi connectivity index (χ2v) is 4.89. The molecular weight excluding hydrogens is 276 g/mol. The number of aromatic hydroxyl groups is 1. The summed E-state index contributed by atoms with van der Waals surface area (Å²) in [6, 6.07) is 10.1. The van der Waals surface area contributed by atoms with E-state index in [1.807, 2.05) is 25.1 Å². The molecule has 20 heavy (non-hydrogen) atoms. The van der Waals surface area contributed by atoms with Gasteiger partial charge in [-0.2, -0.15) is 0 Å². The smallest absolute Gasteiger partial charge is 0.276 e. The lowest BCUT2D eigenvalue weighted by molar-refractivity contribution is 0.0733. The van der Waals surface area contributed by atoms with Gasteiger partial charge in [-0.1, -0.05) is 29.8 Å². The van der Waals surface area contributed by atoms with Crippen molar-refractivity contribution in [3.63, 3.8) is 0 Å². The molecule has 0 aliphatic carbocycles. The second-order valence-electron chi connectivity index (χ2n) is 4.48. The maximum atomic E-state index is 12.4. The number of amides is 1. The molecule has 1 aromatic carbocycles. The number of pyridine rings is 1. The highest BCUT2D eigenvalue weighted by Crippen LogP contribution is 2.28. The molecule has 0 fully saturated rings. The van der Waals surface area contributed by atoms with Gasteiger partial charge in [0.1, 0.15) is 5.75 Å². The molecule has 0 aliphatic heterocycles. The maximum absolute atomic E-state index is 12.4. The summed E-state index contributed by atoms with van der Waals surface area (Å²) >= 11 is 6.14. The summed E-state index contributed by atoms with van der Waals surface area (Å²) in [5, 5.41) is 10.3. The first-order chi connectivity index (χ1) is 9.52. The minimum Gasteiger partial charge on any atom is -0.505 e. The predicted molar refractivity (Wildman–Crippen MR) is 77.9 cm³/mol. The van der Waals surface area contributed by atoms with E-state index in [1.54, 1.807) is 19.2 Å². The van der Waals surface area contributed by atoms with Gasteiger partial charge in [0.15, 0.2) is 5.69 Å². The van der Waals surface area contributed by atoms with Crippen molar-refractivity contribution in [2.24, 2.45) is 0 Å². The summed E-state index contributed by atoms with van der Waals surface area (Å²) in [6.07, 6.45) is 1.47. The highest BCUT2D eigenvalue weighted by atomic mass is 35.5. The fraction of sp³-hybridized carbons (Fsp3) is 0.200.